The largest absolute Gasteiger partial charge is 0.393 e. The lowest BCUT2D eigenvalue weighted by Gasteiger charge is -2.09. The number of halogens is 1. The van der Waals surface area contributed by atoms with Crippen molar-refractivity contribution in [2.75, 3.05) is 4.72 Å². The van der Waals surface area contributed by atoms with Gasteiger partial charge in [-0.2, -0.15) is 0 Å². The van der Waals surface area contributed by atoms with Crippen molar-refractivity contribution in [3.05, 3.63) is 57.6 Å². The molecule has 2 atom stereocenters. The molecule has 0 radical (unpaired) electrons. The smallest absolute Gasteiger partial charge is 0.271 e. The summed E-state index contributed by atoms with van der Waals surface area (Å²) in [4.78, 5) is 15.3. The Morgan fingerprint density at radius 3 is 2.78 bits per heavy atom. The fraction of sp³-hybridized carbons (Fsp3) is 0.278. The van der Waals surface area contributed by atoms with E-state index in [0.29, 0.717) is 18.2 Å². The van der Waals surface area contributed by atoms with Crippen LogP contribution in [0.5, 0.6) is 0 Å². The van der Waals surface area contributed by atoms with Crippen LogP contribution in [0.2, 0.25) is 0 Å². The zero-order chi connectivity index (χ0) is 19.2. The molecule has 0 saturated heterocycles. The van der Waals surface area contributed by atoms with Crippen LogP contribution in [-0.2, 0) is 10.0 Å². The summed E-state index contributed by atoms with van der Waals surface area (Å²) in [5.74, 6) is -0.614. The third-order valence-corrected chi connectivity index (χ3v) is 7.88. The van der Waals surface area contributed by atoms with E-state index in [1.54, 1.807) is 12.1 Å². The zero-order valence-electron chi connectivity index (χ0n) is 14.1. The number of H-pyrrole nitrogens is 1. The molecule has 6 nitrogen and oxygen atoms in total. The van der Waals surface area contributed by atoms with Gasteiger partial charge in [-0.05, 0) is 60.9 Å². The van der Waals surface area contributed by atoms with E-state index >= 15 is 0 Å². The fourth-order valence-electron chi connectivity index (χ4n) is 3.40. The van der Waals surface area contributed by atoms with Gasteiger partial charge in [0.1, 0.15) is 10.0 Å². The van der Waals surface area contributed by atoms with E-state index in [2.05, 4.69) is 9.71 Å². The Kier molecular flexibility index (Phi) is 4.53. The Hall–Kier alpha value is -2.23. The molecular weight excluding hydrogens is 391 g/mol. The number of thiophene rings is 1. The summed E-state index contributed by atoms with van der Waals surface area (Å²) < 4.78 is 42.0. The Labute approximate surface area is 158 Å². The normalized spacial score (nSPS) is 20.2. The first-order valence-electron chi connectivity index (χ1n) is 8.45. The average molecular weight is 408 g/mol. The van der Waals surface area contributed by atoms with Gasteiger partial charge >= 0.3 is 0 Å². The number of hydrogen-bond donors (Lipinski definition) is 3. The lowest BCUT2D eigenvalue weighted by atomic mass is 10.1. The van der Waals surface area contributed by atoms with Gasteiger partial charge in [-0.25, -0.2) is 12.8 Å². The van der Waals surface area contributed by atoms with Gasteiger partial charge < -0.3 is 10.1 Å². The minimum absolute atomic E-state index is 0.0698. The molecule has 0 unspecified atom stereocenters. The van der Waals surface area contributed by atoms with Crippen molar-refractivity contribution in [1.82, 2.24) is 4.98 Å². The molecule has 2 heterocycles. The third-order valence-electron chi connectivity index (χ3n) is 4.78. The highest BCUT2D eigenvalue weighted by molar-refractivity contribution is 7.94. The fourth-order valence-corrected chi connectivity index (χ4v) is 5.93. The van der Waals surface area contributed by atoms with Crippen LogP contribution in [-0.4, -0.2) is 24.6 Å². The number of hydrogen-bond acceptors (Lipinski definition) is 5. The number of fused-ring (bicyclic) bond motifs is 1. The van der Waals surface area contributed by atoms with Gasteiger partial charge in [0.15, 0.2) is 0 Å². The SMILES string of the molecule is O=c1[nH]ccc2cc(F)c(NS(=O)(=O)c3ccc([C@@H]4CC[C@@H](O)C4)s3)cc12. The third kappa shape index (κ3) is 3.50. The first-order chi connectivity index (χ1) is 12.8. The van der Waals surface area contributed by atoms with Crippen molar-refractivity contribution in [3.63, 3.8) is 0 Å². The summed E-state index contributed by atoms with van der Waals surface area (Å²) in [5.41, 5.74) is -0.698. The molecule has 4 rings (SSSR count). The topological polar surface area (TPSA) is 99.3 Å². The molecule has 1 saturated carbocycles. The minimum atomic E-state index is -3.99. The van der Waals surface area contributed by atoms with Crippen molar-refractivity contribution in [2.45, 2.75) is 35.5 Å². The second-order valence-electron chi connectivity index (χ2n) is 6.65. The molecule has 0 aliphatic heterocycles. The van der Waals surface area contributed by atoms with Crippen molar-refractivity contribution in [1.29, 1.82) is 0 Å². The predicted molar refractivity (Wildman–Crippen MR) is 102 cm³/mol. The van der Waals surface area contributed by atoms with E-state index < -0.39 is 21.4 Å². The van der Waals surface area contributed by atoms with E-state index in [0.717, 1.165) is 28.7 Å². The number of aliphatic hydroxyl groups is 1. The number of aliphatic hydroxyl groups excluding tert-OH is 1. The van der Waals surface area contributed by atoms with Crippen LogP contribution in [0.1, 0.15) is 30.1 Å². The van der Waals surface area contributed by atoms with Crippen molar-refractivity contribution in [3.8, 4) is 0 Å². The summed E-state index contributed by atoms with van der Waals surface area (Å²) in [6.07, 6.45) is 3.20. The quantitative estimate of drug-likeness (QED) is 0.617. The number of sulfonamides is 1. The Morgan fingerprint density at radius 1 is 1.22 bits per heavy atom. The van der Waals surface area contributed by atoms with Gasteiger partial charge in [-0.3, -0.25) is 9.52 Å². The second-order valence-corrected chi connectivity index (χ2v) is 9.68. The molecule has 3 N–H and O–H groups in total. The molecule has 0 bridgehead atoms. The van der Waals surface area contributed by atoms with E-state index in [9.17, 15) is 22.7 Å². The Morgan fingerprint density at radius 2 is 2.04 bits per heavy atom. The van der Waals surface area contributed by atoms with Gasteiger partial charge in [-0.1, -0.05) is 0 Å². The molecule has 2 aromatic heterocycles. The average Bonchev–Trinajstić information content (AvgIpc) is 3.25. The van der Waals surface area contributed by atoms with E-state index in [1.165, 1.54) is 18.3 Å². The molecule has 1 aliphatic carbocycles. The van der Waals surface area contributed by atoms with Crippen LogP contribution in [0, 0.1) is 5.82 Å². The molecule has 3 aromatic rings. The number of aromatic nitrogens is 1. The summed E-state index contributed by atoms with van der Waals surface area (Å²) >= 11 is 1.12. The Bertz CT molecular complexity index is 1170. The van der Waals surface area contributed by atoms with Gasteiger partial charge in [0, 0.05) is 16.5 Å². The van der Waals surface area contributed by atoms with Crippen LogP contribution in [0.25, 0.3) is 10.8 Å². The van der Waals surface area contributed by atoms with Crippen LogP contribution < -0.4 is 10.3 Å². The number of nitrogens with one attached hydrogen (secondary N) is 2. The van der Waals surface area contributed by atoms with Gasteiger partial charge in [-0.15, -0.1) is 11.3 Å². The molecule has 0 spiro atoms. The molecule has 142 valence electrons. The maximum absolute atomic E-state index is 14.3. The zero-order valence-corrected chi connectivity index (χ0v) is 15.7. The van der Waals surface area contributed by atoms with E-state index in [1.807, 2.05) is 0 Å². The first-order valence-corrected chi connectivity index (χ1v) is 10.7. The highest BCUT2D eigenvalue weighted by Gasteiger charge is 2.27. The van der Waals surface area contributed by atoms with Crippen LogP contribution in [0.4, 0.5) is 10.1 Å². The number of anilines is 1. The van der Waals surface area contributed by atoms with Crippen LogP contribution >= 0.6 is 11.3 Å². The molecule has 9 heteroatoms. The maximum Gasteiger partial charge on any atom is 0.271 e. The molecule has 0 amide bonds. The summed E-state index contributed by atoms with van der Waals surface area (Å²) in [6.45, 7) is 0. The standard InChI is InChI=1S/C18H17FN2O4S2/c19-14-8-10-5-6-20-18(23)13(10)9-15(14)21-27(24,25)17-4-3-16(26-17)11-1-2-12(22)7-11/h3-6,8-9,11-12,21-22H,1-2,7H2,(H,20,23)/t11-,12-/m1/s1. The number of benzene rings is 1. The minimum Gasteiger partial charge on any atom is -0.393 e. The van der Waals surface area contributed by atoms with E-state index in [-0.39, 0.29) is 27.3 Å². The Balaban J connectivity index is 1.65. The molecule has 1 aromatic carbocycles. The first kappa shape index (κ1) is 18.1. The molecule has 27 heavy (non-hydrogen) atoms. The van der Waals surface area contributed by atoms with E-state index in [4.69, 9.17) is 0 Å². The summed E-state index contributed by atoms with van der Waals surface area (Å²) in [7, 11) is -3.99. The number of aromatic amines is 1. The molecule has 1 fully saturated rings. The molecule has 1 aliphatic rings. The highest BCUT2D eigenvalue weighted by atomic mass is 32.2. The van der Waals surface area contributed by atoms with Crippen molar-refractivity contribution in [2.24, 2.45) is 0 Å². The van der Waals surface area contributed by atoms with Gasteiger partial charge in [0.05, 0.1) is 11.8 Å². The van der Waals surface area contributed by atoms with Crippen molar-refractivity contribution < 1.29 is 17.9 Å². The lowest BCUT2D eigenvalue weighted by Crippen LogP contribution is -2.13. The lowest BCUT2D eigenvalue weighted by molar-refractivity contribution is 0.181. The van der Waals surface area contributed by atoms with Crippen LogP contribution in [0.15, 0.2) is 45.5 Å². The van der Waals surface area contributed by atoms with Gasteiger partial charge in [0.2, 0.25) is 0 Å². The number of rotatable bonds is 4. The summed E-state index contributed by atoms with van der Waals surface area (Å²) in [5, 5.41) is 10.3. The monoisotopic (exact) mass is 408 g/mol. The second kappa shape index (κ2) is 6.74. The number of pyridine rings is 1. The maximum atomic E-state index is 14.3. The summed E-state index contributed by atoms with van der Waals surface area (Å²) in [6, 6.07) is 7.09. The van der Waals surface area contributed by atoms with Gasteiger partial charge in [0.25, 0.3) is 15.6 Å². The van der Waals surface area contributed by atoms with Crippen molar-refractivity contribution >= 4 is 37.8 Å². The molecular formula is C18H17FN2O4S2. The highest BCUT2D eigenvalue weighted by Crippen LogP contribution is 2.39. The van der Waals surface area contributed by atoms with Crippen LogP contribution in [0.3, 0.4) is 0 Å². The predicted octanol–water partition coefficient (Wildman–Crippen LogP) is 3.16.